The Balaban J connectivity index is 2.41. The highest BCUT2D eigenvalue weighted by Gasteiger charge is 2.30. The number of carbonyl (C=O) groups excluding carboxylic acids is 1. The zero-order valence-corrected chi connectivity index (χ0v) is 12.6. The predicted octanol–water partition coefficient (Wildman–Crippen LogP) is 2.73. The van der Waals surface area contributed by atoms with E-state index in [4.69, 9.17) is 9.84 Å². The number of rotatable bonds is 5. The van der Waals surface area contributed by atoms with Crippen molar-refractivity contribution in [2.24, 2.45) is 11.8 Å². The average Bonchev–Trinajstić information content (AvgIpc) is 2.42. The third kappa shape index (κ3) is 3.35. The topological polar surface area (TPSA) is 75.6 Å². The Morgan fingerprint density at radius 3 is 2.71 bits per heavy atom. The fourth-order valence-electron chi connectivity index (χ4n) is 2.60. The first-order valence-corrected chi connectivity index (χ1v) is 7.17. The molecule has 0 amide bonds. The Morgan fingerprint density at radius 2 is 2.10 bits per heavy atom. The van der Waals surface area contributed by atoms with Crippen LogP contribution in [0.15, 0.2) is 12.1 Å². The fraction of sp³-hybridized carbons (Fsp3) is 0.500. The molecular weight excluding hydrogens is 270 g/mol. The highest BCUT2D eigenvalue weighted by molar-refractivity contribution is 6.03. The summed E-state index contributed by atoms with van der Waals surface area (Å²) in [5, 5.41) is 12.2. The Labute approximate surface area is 124 Å². The van der Waals surface area contributed by atoms with Gasteiger partial charge >= 0.3 is 5.97 Å². The predicted molar refractivity (Wildman–Crippen MR) is 80.1 cm³/mol. The molecule has 1 unspecified atom stereocenters. The molecule has 0 radical (unpaired) electrons. The number of Topliss-reactive ketones (excluding diaryl/α,β-unsaturated/α-hetero) is 1. The molecule has 1 aliphatic heterocycles. The van der Waals surface area contributed by atoms with Crippen LogP contribution < -0.4 is 10.1 Å². The molecular formula is C16H21NO4. The summed E-state index contributed by atoms with van der Waals surface area (Å²) in [5.41, 5.74) is 2.24. The minimum absolute atomic E-state index is 0.0405. The number of carboxylic acids is 1. The maximum atomic E-state index is 12.8. The summed E-state index contributed by atoms with van der Waals surface area (Å²) >= 11 is 0. The Hall–Kier alpha value is -2.04. The fourth-order valence-corrected chi connectivity index (χ4v) is 2.60. The summed E-state index contributed by atoms with van der Waals surface area (Å²) in [6.45, 7) is 6.85. The summed E-state index contributed by atoms with van der Waals surface area (Å²) in [5.74, 6) is -1.15. The molecule has 0 aromatic heterocycles. The van der Waals surface area contributed by atoms with Crippen LogP contribution >= 0.6 is 0 Å². The highest BCUT2D eigenvalue weighted by Crippen LogP contribution is 2.35. The summed E-state index contributed by atoms with van der Waals surface area (Å²) in [6, 6.07) is 3.72. The summed E-state index contributed by atoms with van der Waals surface area (Å²) < 4.78 is 5.63. The number of hydrogen-bond donors (Lipinski definition) is 2. The SMILES string of the molecule is Cc1cc2c(c(C(=O)C(CC(=O)O)C(C)C)c1)OCCN2. The standard InChI is InChI=1S/C16H21NO4/c1-9(2)11(8-14(18)19)15(20)12-6-10(3)7-13-16(12)21-5-4-17-13/h6-7,9,11,17H,4-5,8H2,1-3H3,(H,18,19). The van der Waals surface area contributed by atoms with Gasteiger partial charge in [0.2, 0.25) is 0 Å². The number of anilines is 1. The number of ketones is 1. The molecule has 1 atom stereocenters. The van der Waals surface area contributed by atoms with Crippen molar-refractivity contribution in [3.05, 3.63) is 23.3 Å². The molecule has 21 heavy (non-hydrogen) atoms. The first-order chi connectivity index (χ1) is 9.90. The van der Waals surface area contributed by atoms with Gasteiger partial charge in [0, 0.05) is 12.5 Å². The van der Waals surface area contributed by atoms with E-state index in [0.29, 0.717) is 24.5 Å². The Bertz CT molecular complexity index is 566. The molecule has 1 aliphatic rings. The number of fused-ring (bicyclic) bond motifs is 1. The summed E-state index contributed by atoms with van der Waals surface area (Å²) in [4.78, 5) is 23.8. The first-order valence-electron chi connectivity index (χ1n) is 7.17. The maximum absolute atomic E-state index is 12.8. The molecule has 0 saturated carbocycles. The Kier molecular flexibility index (Phi) is 4.50. The second kappa shape index (κ2) is 6.16. The smallest absolute Gasteiger partial charge is 0.304 e. The average molecular weight is 291 g/mol. The van der Waals surface area contributed by atoms with Gasteiger partial charge in [-0.15, -0.1) is 0 Å². The van der Waals surface area contributed by atoms with E-state index >= 15 is 0 Å². The second-order valence-electron chi connectivity index (χ2n) is 5.78. The lowest BCUT2D eigenvalue weighted by atomic mass is 9.84. The van der Waals surface area contributed by atoms with Gasteiger partial charge in [0.1, 0.15) is 6.61 Å². The van der Waals surface area contributed by atoms with Crippen molar-refractivity contribution in [2.45, 2.75) is 27.2 Å². The van der Waals surface area contributed by atoms with E-state index < -0.39 is 11.9 Å². The molecule has 114 valence electrons. The van der Waals surface area contributed by atoms with Crippen molar-refractivity contribution in [3.8, 4) is 5.75 Å². The van der Waals surface area contributed by atoms with Crippen LogP contribution in [-0.4, -0.2) is 30.0 Å². The van der Waals surface area contributed by atoms with Crippen molar-refractivity contribution in [2.75, 3.05) is 18.5 Å². The van der Waals surface area contributed by atoms with Crippen LogP contribution in [0, 0.1) is 18.8 Å². The number of ether oxygens (including phenoxy) is 1. The number of carbonyl (C=O) groups is 2. The van der Waals surface area contributed by atoms with Crippen LogP contribution in [-0.2, 0) is 4.79 Å². The number of aliphatic carboxylic acids is 1. The van der Waals surface area contributed by atoms with E-state index in [1.54, 1.807) is 6.07 Å². The largest absolute Gasteiger partial charge is 0.489 e. The lowest BCUT2D eigenvalue weighted by Gasteiger charge is -2.25. The van der Waals surface area contributed by atoms with Crippen LogP contribution in [0.25, 0.3) is 0 Å². The quantitative estimate of drug-likeness (QED) is 0.816. The summed E-state index contributed by atoms with van der Waals surface area (Å²) in [7, 11) is 0. The van der Waals surface area contributed by atoms with Crippen LogP contribution in [0.4, 0.5) is 5.69 Å². The van der Waals surface area contributed by atoms with Gasteiger partial charge in [0.25, 0.3) is 0 Å². The molecule has 1 heterocycles. The molecule has 2 rings (SSSR count). The van der Waals surface area contributed by atoms with Crippen molar-refractivity contribution in [3.63, 3.8) is 0 Å². The van der Waals surface area contributed by atoms with Crippen molar-refractivity contribution in [1.82, 2.24) is 0 Å². The molecule has 0 aliphatic carbocycles. The van der Waals surface area contributed by atoms with E-state index in [1.807, 2.05) is 26.8 Å². The lowest BCUT2D eigenvalue weighted by molar-refractivity contribution is -0.138. The zero-order chi connectivity index (χ0) is 15.6. The first kappa shape index (κ1) is 15.4. The number of benzene rings is 1. The molecule has 0 fully saturated rings. The molecule has 0 saturated heterocycles. The minimum Gasteiger partial charge on any atom is -0.489 e. The third-order valence-corrected chi connectivity index (χ3v) is 3.70. The van der Waals surface area contributed by atoms with Crippen molar-refractivity contribution < 1.29 is 19.4 Å². The van der Waals surface area contributed by atoms with Gasteiger partial charge in [-0.2, -0.15) is 0 Å². The van der Waals surface area contributed by atoms with Gasteiger partial charge in [-0.25, -0.2) is 0 Å². The van der Waals surface area contributed by atoms with Crippen LogP contribution in [0.1, 0.15) is 36.2 Å². The third-order valence-electron chi connectivity index (χ3n) is 3.70. The molecule has 0 bridgehead atoms. The van der Waals surface area contributed by atoms with Gasteiger partial charge < -0.3 is 15.2 Å². The number of hydrogen-bond acceptors (Lipinski definition) is 4. The number of carboxylic acid groups (broad SMARTS) is 1. The Morgan fingerprint density at radius 1 is 1.38 bits per heavy atom. The van der Waals surface area contributed by atoms with E-state index in [9.17, 15) is 9.59 Å². The molecule has 5 heteroatoms. The summed E-state index contributed by atoms with van der Waals surface area (Å²) in [6.07, 6.45) is -0.160. The second-order valence-corrected chi connectivity index (χ2v) is 5.78. The van der Waals surface area contributed by atoms with Crippen LogP contribution in [0.5, 0.6) is 5.75 Å². The lowest BCUT2D eigenvalue weighted by Crippen LogP contribution is -2.26. The molecule has 1 aromatic rings. The highest BCUT2D eigenvalue weighted by atomic mass is 16.5. The van der Waals surface area contributed by atoms with E-state index in [2.05, 4.69) is 5.32 Å². The van der Waals surface area contributed by atoms with Gasteiger partial charge in [-0.3, -0.25) is 9.59 Å². The van der Waals surface area contributed by atoms with Crippen molar-refractivity contribution in [1.29, 1.82) is 0 Å². The normalized spacial score (nSPS) is 14.9. The molecule has 1 aromatic carbocycles. The van der Waals surface area contributed by atoms with Gasteiger partial charge in [0.15, 0.2) is 11.5 Å². The minimum atomic E-state index is -0.956. The van der Waals surface area contributed by atoms with E-state index in [-0.39, 0.29) is 18.1 Å². The van der Waals surface area contributed by atoms with Crippen LogP contribution in [0.3, 0.4) is 0 Å². The van der Waals surface area contributed by atoms with Gasteiger partial charge in [0.05, 0.1) is 17.7 Å². The monoisotopic (exact) mass is 291 g/mol. The van der Waals surface area contributed by atoms with Crippen LogP contribution in [0.2, 0.25) is 0 Å². The van der Waals surface area contributed by atoms with Gasteiger partial charge in [-0.05, 0) is 30.5 Å². The zero-order valence-electron chi connectivity index (χ0n) is 12.6. The molecule has 5 nitrogen and oxygen atoms in total. The van der Waals surface area contributed by atoms with E-state index in [0.717, 1.165) is 11.3 Å². The molecule has 2 N–H and O–H groups in total. The van der Waals surface area contributed by atoms with Gasteiger partial charge in [-0.1, -0.05) is 13.8 Å². The number of nitrogens with one attached hydrogen (secondary N) is 1. The van der Waals surface area contributed by atoms with Crippen molar-refractivity contribution >= 4 is 17.4 Å². The molecule has 0 spiro atoms. The maximum Gasteiger partial charge on any atom is 0.304 e. The van der Waals surface area contributed by atoms with E-state index in [1.165, 1.54) is 0 Å². The number of aryl methyl sites for hydroxylation is 1.